The maximum Gasteiger partial charge on any atom is 0.373 e. The molecule has 1 N–H and O–H groups in total. The second kappa shape index (κ2) is 5.88. The highest BCUT2D eigenvalue weighted by Crippen LogP contribution is 2.29. The van der Waals surface area contributed by atoms with Crippen LogP contribution in [-0.4, -0.2) is 16.1 Å². The normalized spacial score (nSPS) is 10.7. The van der Waals surface area contributed by atoms with Gasteiger partial charge in [-0.05, 0) is 24.6 Å². The molecule has 0 aliphatic rings. The summed E-state index contributed by atoms with van der Waals surface area (Å²) >= 11 is 6.76. The maximum atomic E-state index is 11.1. The predicted molar refractivity (Wildman–Crippen MR) is 78.3 cm³/mol. The van der Waals surface area contributed by atoms with E-state index in [2.05, 4.69) is 36.8 Å². The molecule has 0 atom stereocenters. The van der Waals surface area contributed by atoms with E-state index in [4.69, 9.17) is 9.52 Å². The number of carboxylic acid groups (broad SMARTS) is 1. The molecule has 1 aromatic carbocycles. The Morgan fingerprint density at radius 2 is 1.95 bits per heavy atom. The Kier molecular flexibility index (Phi) is 4.42. The Labute approximate surface area is 127 Å². The largest absolute Gasteiger partial charge is 0.475 e. The van der Waals surface area contributed by atoms with Crippen LogP contribution >= 0.6 is 31.9 Å². The number of nitrogens with zero attached hydrogens (tertiary/aromatic N) is 1. The Morgan fingerprint density at radius 1 is 1.32 bits per heavy atom. The molecule has 2 aromatic rings. The average Bonchev–Trinajstić information content (AvgIpc) is 2.72. The van der Waals surface area contributed by atoms with Crippen molar-refractivity contribution in [2.24, 2.45) is 0 Å². The first-order chi connectivity index (χ1) is 9.01. The topological polar surface area (TPSA) is 63.3 Å². The smallest absolute Gasteiger partial charge is 0.373 e. The molecule has 1 heterocycles. The van der Waals surface area contributed by atoms with Crippen LogP contribution in [0.4, 0.5) is 0 Å². The van der Waals surface area contributed by atoms with Crippen molar-refractivity contribution >= 4 is 37.8 Å². The lowest BCUT2D eigenvalue weighted by Gasteiger charge is -1.98. The predicted octanol–water partition coefficient (Wildman–Crippen LogP) is 4.52. The molecule has 4 nitrogen and oxygen atoms in total. The number of rotatable bonds is 4. The number of aryl methyl sites for hydroxylation is 1. The lowest BCUT2D eigenvalue weighted by molar-refractivity contribution is 0.0661. The summed E-state index contributed by atoms with van der Waals surface area (Å²) < 4.78 is 7.10. The molecular weight excluding hydrogens is 378 g/mol. The summed E-state index contributed by atoms with van der Waals surface area (Å²) in [6, 6.07) is 5.55. The summed E-state index contributed by atoms with van der Waals surface area (Å²) in [6.07, 6.45) is 1.40. The number of carboxylic acids is 1. The van der Waals surface area contributed by atoms with Crippen LogP contribution in [-0.2, 0) is 6.42 Å². The van der Waals surface area contributed by atoms with Crippen LogP contribution in [0.1, 0.15) is 29.6 Å². The van der Waals surface area contributed by atoms with Crippen molar-refractivity contribution in [2.45, 2.75) is 19.8 Å². The Hall–Kier alpha value is -1.14. The molecule has 0 saturated carbocycles. The van der Waals surface area contributed by atoms with Gasteiger partial charge in [-0.3, -0.25) is 0 Å². The van der Waals surface area contributed by atoms with Crippen molar-refractivity contribution in [3.8, 4) is 11.5 Å². The van der Waals surface area contributed by atoms with Crippen LogP contribution in [0.15, 0.2) is 31.6 Å². The highest BCUT2D eigenvalue weighted by molar-refractivity contribution is 9.11. The van der Waals surface area contributed by atoms with E-state index in [1.807, 2.05) is 25.1 Å². The number of halogens is 2. The standard InChI is InChI=1S/C13H11Br2NO3/c1-2-3-10-11(13(17)18)19-12(16-10)7-4-8(14)6-9(15)5-7/h4-6H,2-3H2,1H3,(H,17,18). The lowest BCUT2D eigenvalue weighted by atomic mass is 10.2. The van der Waals surface area contributed by atoms with Crippen LogP contribution < -0.4 is 0 Å². The molecule has 0 radical (unpaired) electrons. The van der Waals surface area contributed by atoms with Gasteiger partial charge in [0.1, 0.15) is 0 Å². The molecule has 0 saturated heterocycles. The minimum Gasteiger partial charge on any atom is -0.475 e. The van der Waals surface area contributed by atoms with Gasteiger partial charge < -0.3 is 9.52 Å². The van der Waals surface area contributed by atoms with E-state index in [0.717, 1.165) is 20.9 Å². The molecular formula is C13H11Br2NO3. The van der Waals surface area contributed by atoms with Crippen LogP contribution in [0.3, 0.4) is 0 Å². The van der Waals surface area contributed by atoms with Crippen molar-refractivity contribution in [3.05, 3.63) is 38.6 Å². The summed E-state index contributed by atoms with van der Waals surface area (Å²) in [5, 5.41) is 9.11. The Morgan fingerprint density at radius 3 is 2.47 bits per heavy atom. The number of aromatic nitrogens is 1. The average molecular weight is 389 g/mol. The summed E-state index contributed by atoms with van der Waals surface area (Å²) in [5.41, 5.74) is 1.22. The molecule has 0 aliphatic carbocycles. The molecule has 1 aromatic heterocycles. The van der Waals surface area contributed by atoms with Crippen molar-refractivity contribution in [1.82, 2.24) is 4.98 Å². The zero-order chi connectivity index (χ0) is 14.0. The van der Waals surface area contributed by atoms with Gasteiger partial charge in [-0.25, -0.2) is 9.78 Å². The quantitative estimate of drug-likeness (QED) is 0.836. The first-order valence-corrected chi connectivity index (χ1v) is 7.29. The second-order valence-electron chi connectivity index (χ2n) is 4.01. The maximum absolute atomic E-state index is 11.1. The molecule has 0 spiro atoms. The Balaban J connectivity index is 2.50. The molecule has 0 fully saturated rings. The van der Waals surface area contributed by atoms with Gasteiger partial charge in [0.05, 0.1) is 5.69 Å². The fraction of sp³-hybridized carbons (Fsp3) is 0.231. The first-order valence-electron chi connectivity index (χ1n) is 5.70. The molecule has 0 bridgehead atoms. The summed E-state index contributed by atoms with van der Waals surface area (Å²) in [4.78, 5) is 15.4. The molecule has 0 unspecified atom stereocenters. The molecule has 100 valence electrons. The lowest BCUT2D eigenvalue weighted by Crippen LogP contribution is -1.99. The number of carbonyl (C=O) groups is 1. The zero-order valence-corrected chi connectivity index (χ0v) is 13.3. The number of hydrogen-bond acceptors (Lipinski definition) is 3. The summed E-state index contributed by atoms with van der Waals surface area (Å²) in [6.45, 7) is 1.97. The van der Waals surface area contributed by atoms with Gasteiger partial charge in [-0.15, -0.1) is 0 Å². The van der Waals surface area contributed by atoms with Gasteiger partial charge in [0.15, 0.2) is 0 Å². The van der Waals surface area contributed by atoms with E-state index >= 15 is 0 Å². The monoisotopic (exact) mass is 387 g/mol. The van der Waals surface area contributed by atoms with E-state index in [9.17, 15) is 4.79 Å². The van der Waals surface area contributed by atoms with Gasteiger partial charge >= 0.3 is 5.97 Å². The van der Waals surface area contributed by atoms with Gasteiger partial charge in [0, 0.05) is 14.5 Å². The van der Waals surface area contributed by atoms with E-state index in [0.29, 0.717) is 18.0 Å². The van der Waals surface area contributed by atoms with Crippen LogP contribution in [0.5, 0.6) is 0 Å². The van der Waals surface area contributed by atoms with E-state index in [-0.39, 0.29) is 5.76 Å². The van der Waals surface area contributed by atoms with Gasteiger partial charge in [0.25, 0.3) is 0 Å². The number of oxazole rings is 1. The van der Waals surface area contributed by atoms with E-state index < -0.39 is 5.97 Å². The van der Waals surface area contributed by atoms with Gasteiger partial charge in [-0.1, -0.05) is 45.2 Å². The van der Waals surface area contributed by atoms with Crippen molar-refractivity contribution in [1.29, 1.82) is 0 Å². The number of benzene rings is 1. The molecule has 0 amide bonds. The highest BCUT2D eigenvalue weighted by Gasteiger charge is 2.19. The minimum absolute atomic E-state index is 0.0760. The molecule has 0 aliphatic heterocycles. The van der Waals surface area contributed by atoms with Crippen LogP contribution in [0.25, 0.3) is 11.5 Å². The van der Waals surface area contributed by atoms with E-state index in [1.165, 1.54) is 0 Å². The molecule has 2 rings (SSSR count). The fourth-order valence-electron chi connectivity index (χ4n) is 1.73. The summed E-state index contributed by atoms with van der Waals surface area (Å²) in [7, 11) is 0. The third-order valence-electron chi connectivity index (χ3n) is 2.49. The van der Waals surface area contributed by atoms with E-state index in [1.54, 1.807) is 0 Å². The van der Waals surface area contributed by atoms with Crippen molar-refractivity contribution in [3.63, 3.8) is 0 Å². The van der Waals surface area contributed by atoms with Crippen molar-refractivity contribution < 1.29 is 14.3 Å². The Bertz CT molecular complexity index is 602. The molecule has 6 heteroatoms. The first kappa shape index (κ1) is 14.3. The number of hydrogen-bond donors (Lipinski definition) is 1. The molecule has 19 heavy (non-hydrogen) atoms. The summed E-state index contributed by atoms with van der Waals surface area (Å²) in [5.74, 6) is -0.841. The van der Waals surface area contributed by atoms with Crippen LogP contribution in [0, 0.1) is 0 Å². The fourth-order valence-corrected chi connectivity index (χ4v) is 3.02. The number of aromatic carboxylic acids is 1. The zero-order valence-electron chi connectivity index (χ0n) is 10.1. The third kappa shape index (κ3) is 3.25. The van der Waals surface area contributed by atoms with Gasteiger partial charge in [0.2, 0.25) is 11.7 Å². The minimum atomic E-state index is -1.09. The highest BCUT2D eigenvalue weighted by atomic mass is 79.9. The third-order valence-corrected chi connectivity index (χ3v) is 3.40. The SMILES string of the molecule is CCCc1nc(-c2cc(Br)cc(Br)c2)oc1C(=O)O. The van der Waals surface area contributed by atoms with Crippen molar-refractivity contribution in [2.75, 3.05) is 0 Å². The van der Waals surface area contributed by atoms with Gasteiger partial charge in [-0.2, -0.15) is 0 Å². The van der Waals surface area contributed by atoms with Crippen LogP contribution in [0.2, 0.25) is 0 Å². The second-order valence-corrected chi connectivity index (χ2v) is 5.84.